The van der Waals surface area contributed by atoms with Crippen LogP contribution in [0.4, 0.5) is 0 Å². The standard InChI is InChI=1S/C16H21N3O5/c1-2-6-14(21)24-10-13(20)16(23)15(22)12-9-17-19(18-12)11-7-4-3-5-8-11/h3-5,7-9,13,15-16,20,22-23H,2,6,10H2,1H3/t13-,15-,16-/m1/s1. The summed E-state index contributed by atoms with van der Waals surface area (Å²) in [5.41, 5.74) is 0.796. The van der Waals surface area contributed by atoms with E-state index in [1.54, 1.807) is 12.1 Å². The van der Waals surface area contributed by atoms with Crippen LogP contribution in [0, 0.1) is 0 Å². The number of nitrogens with zero attached hydrogens (tertiary/aromatic N) is 3. The Bertz CT molecular complexity index is 646. The minimum Gasteiger partial charge on any atom is -0.463 e. The number of rotatable bonds is 8. The number of benzene rings is 1. The van der Waals surface area contributed by atoms with Gasteiger partial charge in [-0.15, -0.1) is 0 Å². The molecule has 0 unspecified atom stereocenters. The molecule has 0 saturated carbocycles. The van der Waals surface area contributed by atoms with Crippen LogP contribution in [0.3, 0.4) is 0 Å². The highest BCUT2D eigenvalue weighted by Gasteiger charge is 2.29. The summed E-state index contributed by atoms with van der Waals surface area (Å²) in [6.07, 6.45) is -2.28. The van der Waals surface area contributed by atoms with Gasteiger partial charge >= 0.3 is 5.97 Å². The summed E-state index contributed by atoms with van der Waals surface area (Å²) >= 11 is 0. The first-order valence-corrected chi connectivity index (χ1v) is 7.70. The molecule has 0 saturated heterocycles. The third-order valence-electron chi connectivity index (χ3n) is 3.39. The summed E-state index contributed by atoms with van der Waals surface area (Å²) in [6.45, 7) is 1.43. The van der Waals surface area contributed by atoms with Crippen molar-refractivity contribution in [1.29, 1.82) is 0 Å². The Morgan fingerprint density at radius 1 is 1.25 bits per heavy atom. The van der Waals surface area contributed by atoms with Gasteiger partial charge in [0.25, 0.3) is 0 Å². The number of aliphatic hydroxyl groups excluding tert-OH is 3. The highest BCUT2D eigenvalue weighted by Crippen LogP contribution is 2.18. The molecule has 8 nitrogen and oxygen atoms in total. The van der Waals surface area contributed by atoms with Crippen molar-refractivity contribution in [3.63, 3.8) is 0 Å². The summed E-state index contributed by atoms with van der Waals surface area (Å²) in [4.78, 5) is 12.6. The Morgan fingerprint density at radius 2 is 1.96 bits per heavy atom. The van der Waals surface area contributed by atoms with Crippen molar-refractivity contribution in [2.24, 2.45) is 0 Å². The third-order valence-corrected chi connectivity index (χ3v) is 3.39. The Hall–Kier alpha value is -2.29. The lowest BCUT2D eigenvalue weighted by molar-refractivity contribution is -0.151. The fraction of sp³-hybridized carbons (Fsp3) is 0.438. The highest BCUT2D eigenvalue weighted by molar-refractivity contribution is 5.69. The van der Waals surface area contributed by atoms with Crippen LogP contribution in [0.25, 0.3) is 5.69 Å². The van der Waals surface area contributed by atoms with Crippen molar-refractivity contribution in [3.05, 3.63) is 42.2 Å². The first-order valence-electron chi connectivity index (χ1n) is 7.70. The molecule has 3 N–H and O–H groups in total. The molecule has 130 valence electrons. The van der Waals surface area contributed by atoms with Gasteiger partial charge in [-0.25, -0.2) is 0 Å². The average Bonchev–Trinajstić information content (AvgIpc) is 3.09. The highest BCUT2D eigenvalue weighted by atomic mass is 16.5. The quantitative estimate of drug-likeness (QED) is 0.596. The zero-order valence-electron chi connectivity index (χ0n) is 13.3. The van der Waals surface area contributed by atoms with Crippen molar-refractivity contribution in [1.82, 2.24) is 15.0 Å². The van der Waals surface area contributed by atoms with Crippen molar-refractivity contribution >= 4 is 5.97 Å². The first-order chi connectivity index (χ1) is 11.5. The number of ether oxygens (including phenoxy) is 1. The molecule has 0 aliphatic rings. The average molecular weight is 335 g/mol. The normalized spacial score (nSPS) is 14.8. The molecule has 0 aliphatic heterocycles. The lowest BCUT2D eigenvalue weighted by atomic mass is 10.1. The van der Waals surface area contributed by atoms with Gasteiger partial charge in [-0.3, -0.25) is 4.79 Å². The van der Waals surface area contributed by atoms with Gasteiger partial charge in [-0.2, -0.15) is 15.0 Å². The van der Waals surface area contributed by atoms with E-state index in [1.807, 2.05) is 25.1 Å². The molecule has 1 heterocycles. The van der Waals surface area contributed by atoms with Crippen LogP contribution in [0.15, 0.2) is 36.5 Å². The van der Waals surface area contributed by atoms with Crippen molar-refractivity contribution in [2.45, 2.75) is 38.1 Å². The summed E-state index contributed by atoms with van der Waals surface area (Å²) in [5, 5.41) is 38.1. The van der Waals surface area contributed by atoms with Gasteiger partial charge in [0.05, 0.1) is 11.9 Å². The van der Waals surface area contributed by atoms with Crippen molar-refractivity contribution < 1.29 is 24.9 Å². The summed E-state index contributed by atoms with van der Waals surface area (Å²) in [7, 11) is 0. The van der Waals surface area contributed by atoms with Gasteiger partial charge in [-0.1, -0.05) is 25.1 Å². The lowest BCUT2D eigenvalue weighted by Gasteiger charge is -2.21. The zero-order chi connectivity index (χ0) is 17.5. The van der Waals surface area contributed by atoms with Crippen LogP contribution in [0.2, 0.25) is 0 Å². The summed E-state index contributed by atoms with van der Waals surface area (Å²) in [6, 6.07) is 9.06. The smallest absolute Gasteiger partial charge is 0.305 e. The fourth-order valence-electron chi connectivity index (χ4n) is 2.03. The van der Waals surface area contributed by atoms with E-state index in [0.29, 0.717) is 12.1 Å². The lowest BCUT2D eigenvalue weighted by Crippen LogP contribution is -2.36. The maximum absolute atomic E-state index is 11.3. The van der Waals surface area contributed by atoms with Crippen LogP contribution < -0.4 is 0 Å². The fourth-order valence-corrected chi connectivity index (χ4v) is 2.03. The SMILES string of the molecule is CCCC(=O)OC[C@@H](O)[C@@H](O)[C@H](O)c1cnn(-c2ccccc2)n1. The molecule has 3 atom stereocenters. The van der Waals surface area contributed by atoms with E-state index in [9.17, 15) is 20.1 Å². The molecule has 1 aromatic carbocycles. The maximum Gasteiger partial charge on any atom is 0.305 e. The Balaban J connectivity index is 1.96. The van der Waals surface area contributed by atoms with Gasteiger partial charge in [0, 0.05) is 6.42 Å². The van der Waals surface area contributed by atoms with Crippen molar-refractivity contribution in [2.75, 3.05) is 6.61 Å². The zero-order valence-corrected chi connectivity index (χ0v) is 13.3. The van der Waals surface area contributed by atoms with E-state index in [1.165, 1.54) is 11.0 Å². The van der Waals surface area contributed by atoms with Crippen LogP contribution in [-0.2, 0) is 9.53 Å². The van der Waals surface area contributed by atoms with Gasteiger partial charge < -0.3 is 20.1 Å². The van der Waals surface area contributed by atoms with E-state index in [2.05, 4.69) is 10.2 Å². The minimum atomic E-state index is -1.56. The molecule has 0 amide bonds. The molecule has 8 heteroatoms. The molecular formula is C16H21N3O5. The molecule has 0 spiro atoms. The molecule has 2 rings (SSSR count). The molecule has 0 fully saturated rings. The van der Waals surface area contributed by atoms with Crippen LogP contribution >= 0.6 is 0 Å². The number of carbonyl (C=O) groups excluding carboxylic acids is 1. The third kappa shape index (κ3) is 4.60. The second-order valence-electron chi connectivity index (χ2n) is 5.33. The van der Waals surface area contributed by atoms with E-state index in [-0.39, 0.29) is 12.1 Å². The van der Waals surface area contributed by atoms with Gasteiger partial charge in [0.15, 0.2) is 0 Å². The summed E-state index contributed by atoms with van der Waals surface area (Å²) in [5.74, 6) is -0.465. The maximum atomic E-state index is 11.3. The van der Waals surface area contributed by atoms with E-state index in [0.717, 1.165) is 0 Å². The molecular weight excluding hydrogens is 314 g/mol. The molecule has 2 aromatic rings. The monoisotopic (exact) mass is 335 g/mol. The number of esters is 1. The Morgan fingerprint density at radius 3 is 2.62 bits per heavy atom. The number of aliphatic hydroxyl groups is 3. The Kier molecular flexibility index (Phi) is 6.42. The predicted molar refractivity (Wildman–Crippen MR) is 84.2 cm³/mol. The summed E-state index contributed by atoms with van der Waals surface area (Å²) < 4.78 is 4.82. The number of hydrogen-bond donors (Lipinski definition) is 3. The number of para-hydroxylation sites is 1. The first kappa shape index (κ1) is 18.1. The molecule has 0 bridgehead atoms. The molecule has 0 aliphatic carbocycles. The van der Waals surface area contributed by atoms with Crippen LogP contribution in [0.1, 0.15) is 31.6 Å². The van der Waals surface area contributed by atoms with E-state index < -0.39 is 30.9 Å². The van der Waals surface area contributed by atoms with Gasteiger partial charge in [0.2, 0.25) is 0 Å². The number of carbonyl (C=O) groups is 1. The predicted octanol–water partition coefficient (Wildman–Crippen LogP) is 0.366. The molecule has 24 heavy (non-hydrogen) atoms. The largest absolute Gasteiger partial charge is 0.463 e. The van der Waals surface area contributed by atoms with E-state index >= 15 is 0 Å². The van der Waals surface area contributed by atoms with Crippen LogP contribution in [-0.4, -0.2) is 55.1 Å². The van der Waals surface area contributed by atoms with E-state index in [4.69, 9.17) is 4.74 Å². The van der Waals surface area contributed by atoms with Gasteiger partial charge in [0.1, 0.15) is 30.6 Å². The molecule has 0 radical (unpaired) electrons. The topological polar surface area (TPSA) is 118 Å². The Labute approximate surface area is 139 Å². The second-order valence-corrected chi connectivity index (χ2v) is 5.33. The minimum absolute atomic E-state index is 0.102. The van der Waals surface area contributed by atoms with Crippen molar-refractivity contribution in [3.8, 4) is 5.69 Å². The number of hydrogen-bond acceptors (Lipinski definition) is 7. The van der Waals surface area contributed by atoms with Crippen LogP contribution in [0.5, 0.6) is 0 Å². The number of aromatic nitrogens is 3. The molecule has 1 aromatic heterocycles. The van der Waals surface area contributed by atoms with Gasteiger partial charge in [-0.05, 0) is 18.6 Å². The second kappa shape index (κ2) is 8.53.